The van der Waals surface area contributed by atoms with Gasteiger partial charge >= 0.3 is 0 Å². The smallest absolute Gasteiger partial charge is 0.230 e. The molecule has 1 atom stereocenters. The third-order valence-corrected chi connectivity index (χ3v) is 6.62. The fraction of sp³-hybridized carbons (Fsp3) is 0.682. The number of nitrogens with zero attached hydrogens (tertiary/aromatic N) is 2. The van der Waals surface area contributed by atoms with Crippen LogP contribution in [0.1, 0.15) is 43.6 Å². The van der Waals surface area contributed by atoms with Gasteiger partial charge in [0.15, 0.2) is 0 Å². The SMILES string of the molecule is O=C1C(c2ccccc2)CC2(CCN(CCOCCO)CC2)CN1C1CC1. The minimum atomic E-state index is 0.0278. The van der Waals surface area contributed by atoms with Crippen LogP contribution in [0, 0.1) is 5.41 Å². The summed E-state index contributed by atoms with van der Waals surface area (Å²) in [6, 6.07) is 10.9. The van der Waals surface area contributed by atoms with Crippen LogP contribution in [0.3, 0.4) is 0 Å². The van der Waals surface area contributed by atoms with Crippen LogP contribution in [0.5, 0.6) is 0 Å². The highest BCUT2D eigenvalue weighted by atomic mass is 16.5. The van der Waals surface area contributed by atoms with Gasteiger partial charge < -0.3 is 19.6 Å². The molecule has 4 rings (SSSR count). The summed E-state index contributed by atoms with van der Waals surface area (Å²) in [7, 11) is 0. The summed E-state index contributed by atoms with van der Waals surface area (Å²) >= 11 is 0. The zero-order valence-electron chi connectivity index (χ0n) is 16.2. The van der Waals surface area contributed by atoms with E-state index in [9.17, 15) is 4.79 Å². The molecular formula is C22H32N2O3. The summed E-state index contributed by atoms with van der Waals surface area (Å²) in [5, 5.41) is 8.81. The topological polar surface area (TPSA) is 53.0 Å². The van der Waals surface area contributed by atoms with Gasteiger partial charge in [-0.25, -0.2) is 0 Å². The van der Waals surface area contributed by atoms with Gasteiger partial charge in [0.1, 0.15) is 0 Å². The lowest BCUT2D eigenvalue weighted by molar-refractivity contribution is -0.142. The predicted molar refractivity (Wildman–Crippen MR) is 105 cm³/mol. The fourth-order valence-electron chi connectivity index (χ4n) is 4.84. The molecule has 5 nitrogen and oxygen atoms in total. The molecule has 1 aromatic carbocycles. The van der Waals surface area contributed by atoms with E-state index in [4.69, 9.17) is 9.84 Å². The number of hydrogen-bond donors (Lipinski definition) is 1. The van der Waals surface area contributed by atoms with E-state index < -0.39 is 0 Å². The maximum Gasteiger partial charge on any atom is 0.230 e. The average molecular weight is 373 g/mol. The molecule has 27 heavy (non-hydrogen) atoms. The molecule has 0 aromatic heterocycles. The van der Waals surface area contributed by atoms with Crippen LogP contribution in [0.4, 0.5) is 0 Å². The number of piperidine rings is 2. The summed E-state index contributed by atoms with van der Waals surface area (Å²) in [5.74, 6) is 0.383. The standard InChI is InChI=1S/C22H32N2O3/c25-13-15-27-14-12-23-10-8-22(9-11-23)16-20(18-4-2-1-3-5-18)21(26)24(17-22)19-6-7-19/h1-5,19-20,25H,6-17H2. The Hall–Kier alpha value is -1.43. The lowest BCUT2D eigenvalue weighted by Gasteiger charge is -2.50. The Labute approximate surface area is 162 Å². The molecule has 3 aliphatic rings. The lowest BCUT2D eigenvalue weighted by atomic mass is 9.67. The Kier molecular flexibility index (Phi) is 5.81. The molecule has 2 heterocycles. The Morgan fingerprint density at radius 2 is 1.85 bits per heavy atom. The molecule has 1 N–H and O–H groups in total. The zero-order chi connectivity index (χ0) is 18.7. The second kappa shape index (κ2) is 8.29. The maximum atomic E-state index is 13.2. The Morgan fingerprint density at radius 3 is 2.52 bits per heavy atom. The molecule has 1 unspecified atom stereocenters. The van der Waals surface area contributed by atoms with E-state index in [0.29, 0.717) is 25.2 Å². The molecule has 1 aromatic rings. The highest BCUT2D eigenvalue weighted by molar-refractivity contribution is 5.85. The molecule has 1 spiro atoms. The van der Waals surface area contributed by atoms with Gasteiger partial charge in [-0.1, -0.05) is 30.3 Å². The molecule has 1 aliphatic carbocycles. The molecular weight excluding hydrogens is 340 g/mol. The van der Waals surface area contributed by atoms with Crippen molar-refractivity contribution in [3.8, 4) is 0 Å². The molecule has 2 saturated heterocycles. The summed E-state index contributed by atoms with van der Waals surface area (Å²) < 4.78 is 5.42. The number of aliphatic hydroxyl groups is 1. The summed E-state index contributed by atoms with van der Waals surface area (Å²) in [6.07, 6.45) is 5.67. The number of carbonyl (C=O) groups excluding carboxylic acids is 1. The maximum absolute atomic E-state index is 13.2. The van der Waals surface area contributed by atoms with Crippen molar-refractivity contribution in [1.82, 2.24) is 9.80 Å². The quantitative estimate of drug-likeness (QED) is 0.746. The number of amides is 1. The number of carbonyl (C=O) groups is 1. The Balaban J connectivity index is 1.42. The minimum Gasteiger partial charge on any atom is -0.394 e. The molecule has 5 heteroatoms. The van der Waals surface area contributed by atoms with Gasteiger partial charge in [0.05, 0.1) is 25.7 Å². The molecule has 2 aliphatic heterocycles. The van der Waals surface area contributed by atoms with Gasteiger partial charge in [-0.15, -0.1) is 0 Å². The zero-order valence-corrected chi connectivity index (χ0v) is 16.2. The van der Waals surface area contributed by atoms with Gasteiger partial charge in [0.2, 0.25) is 5.91 Å². The number of rotatable bonds is 7. The first-order valence-electron chi connectivity index (χ1n) is 10.5. The van der Waals surface area contributed by atoms with Crippen molar-refractivity contribution >= 4 is 5.91 Å². The van der Waals surface area contributed by atoms with Crippen molar-refractivity contribution in [1.29, 1.82) is 0 Å². The first-order chi connectivity index (χ1) is 13.2. The van der Waals surface area contributed by atoms with Gasteiger partial charge in [0, 0.05) is 19.1 Å². The molecule has 148 valence electrons. The van der Waals surface area contributed by atoms with E-state index in [2.05, 4.69) is 34.1 Å². The second-order valence-corrected chi connectivity index (χ2v) is 8.54. The van der Waals surface area contributed by atoms with Crippen LogP contribution < -0.4 is 0 Å². The fourth-order valence-corrected chi connectivity index (χ4v) is 4.84. The highest BCUT2D eigenvalue weighted by Crippen LogP contribution is 2.48. The van der Waals surface area contributed by atoms with E-state index in [1.165, 1.54) is 18.4 Å². The van der Waals surface area contributed by atoms with Crippen LogP contribution in [0.2, 0.25) is 0 Å². The first kappa shape index (κ1) is 18.9. The van der Waals surface area contributed by atoms with Crippen molar-refractivity contribution in [2.45, 2.75) is 44.1 Å². The van der Waals surface area contributed by atoms with Crippen molar-refractivity contribution in [2.75, 3.05) is 46.0 Å². The summed E-state index contributed by atoms with van der Waals surface area (Å²) in [4.78, 5) is 17.9. The third kappa shape index (κ3) is 4.36. The molecule has 3 fully saturated rings. The van der Waals surface area contributed by atoms with E-state index in [0.717, 1.165) is 45.4 Å². The first-order valence-corrected chi connectivity index (χ1v) is 10.5. The normalized spacial score (nSPS) is 25.9. The van der Waals surface area contributed by atoms with Gasteiger partial charge in [-0.2, -0.15) is 0 Å². The van der Waals surface area contributed by atoms with Crippen molar-refractivity contribution in [3.63, 3.8) is 0 Å². The van der Waals surface area contributed by atoms with Crippen LogP contribution in [0.25, 0.3) is 0 Å². The van der Waals surface area contributed by atoms with E-state index in [1.54, 1.807) is 0 Å². The number of likely N-dealkylation sites (tertiary alicyclic amines) is 2. The van der Waals surface area contributed by atoms with Crippen LogP contribution in [0.15, 0.2) is 30.3 Å². The van der Waals surface area contributed by atoms with Gasteiger partial charge in [-0.3, -0.25) is 4.79 Å². The number of hydrogen-bond acceptors (Lipinski definition) is 4. The monoisotopic (exact) mass is 372 g/mol. The van der Waals surface area contributed by atoms with Crippen molar-refractivity contribution in [3.05, 3.63) is 35.9 Å². The number of benzene rings is 1. The predicted octanol–water partition coefficient (Wildman–Crippen LogP) is 2.26. The minimum absolute atomic E-state index is 0.0278. The van der Waals surface area contributed by atoms with Crippen molar-refractivity contribution in [2.24, 2.45) is 5.41 Å². The van der Waals surface area contributed by atoms with E-state index in [1.807, 2.05) is 6.07 Å². The molecule has 0 bridgehead atoms. The second-order valence-electron chi connectivity index (χ2n) is 8.54. The molecule has 1 saturated carbocycles. The van der Waals surface area contributed by atoms with Crippen molar-refractivity contribution < 1.29 is 14.6 Å². The Morgan fingerprint density at radius 1 is 1.11 bits per heavy atom. The molecule has 1 amide bonds. The van der Waals surface area contributed by atoms with E-state index >= 15 is 0 Å². The average Bonchev–Trinajstić information content (AvgIpc) is 3.54. The number of ether oxygens (including phenoxy) is 1. The van der Waals surface area contributed by atoms with E-state index in [-0.39, 0.29) is 17.9 Å². The largest absolute Gasteiger partial charge is 0.394 e. The summed E-state index contributed by atoms with van der Waals surface area (Å²) in [6.45, 7) is 5.25. The Bertz CT molecular complexity index is 624. The third-order valence-electron chi connectivity index (χ3n) is 6.62. The van der Waals surface area contributed by atoms with Gasteiger partial charge in [-0.05, 0) is 56.2 Å². The lowest BCUT2D eigenvalue weighted by Crippen LogP contribution is -2.54. The molecule has 0 radical (unpaired) electrons. The highest BCUT2D eigenvalue weighted by Gasteiger charge is 2.49. The van der Waals surface area contributed by atoms with Crippen LogP contribution in [-0.2, 0) is 9.53 Å². The number of aliphatic hydroxyl groups excluding tert-OH is 1. The van der Waals surface area contributed by atoms with Crippen LogP contribution >= 0.6 is 0 Å². The van der Waals surface area contributed by atoms with Crippen LogP contribution in [-0.4, -0.2) is 72.9 Å². The van der Waals surface area contributed by atoms with Gasteiger partial charge in [0.25, 0.3) is 0 Å². The summed E-state index contributed by atoms with van der Waals surface area (Å²) in [5.41, 5.74) is 1.45.